The fraction of sp³-hybridized carbons (Fsp3) is 0.250. The number of carbonyl (C=O) groups is 3. The molecule has 0 aliphatic heterocycles. The summed E-state index contributed by atoms with van der Waals surface area (Å²) in [6, 6.07) is 2.91. The van der Waals surface area contributed by atoms with Crippen molar-refractivity contribution in [3.63, 3.8) is 0 Å². The van der Waals surface area contributed by atoms with Gasteiger partial charge in [-0.05, 0) is 24.3 Å². The van der Waals surface area contributed by atoms with Gasteiger partial charge in [-0.15, -0.1) is 0 Å². The van der Waals surface area contributed by atoms with E-state index in [2.05, 4.69) is 4.74 Å². The summed E-state index contributed by atoms with van der Waals surface area (Å²) >= 11 is 0. The van der Waals surface area contributed by atoms with Gasteiger partial charge in [-0.3, -0.25) is 9.59 Å². The summed E-state index contributed by atoms with van der Waals surface area (Å²) in [5, 5.41) is 19.3. The van der Waals surface area contributed by atoms with Crippen molar-refractivity contribution in [3.8, 4) is 5.75 Å². The van der Waals surface area contributed by atoms with E-state index in [1.54, 1.807) is 0 Å². The molecule has 7 nitrogen and oxygen atoms in total. The number of carboxylic acid groups (broad SMARTS) is 2. The molecule has 0 radical (unpaired) electrons. The highest BCUT2D eigenvalue weighted by atomic mass is 19.3. The van der Waals surface area contributed by atoms with Gasteiger partial charge in [0, 0.05) is 5.56 Å². The monoisotopic (exact) mass is 303 g/mol. The second-order valence-electron chi connectivity index (χ2n) is 3.87. The molecule has 3 N–H and O–H groups in total. The Bertz CT molecular complexity index is 531. The fourth-order valence-corrected chi connectivity index (χ4v) is 1.40. The molecule has 114 valence electrons. The molecular weight excluding hydrogens is 292 g/mol. The van der Waals surface area contributed by atoms with E-state index in [0.29, 0.717) is 0 Å². The summed E-state index contributed by atoms with van der Waals surface area (Å²) in [6.07, 6.45) is -0.784. The van der Waals surface area contributed by atoms with Crippen molar-refractivity contribution in [3.05, 3.63) is 29.8 Å². The number of ether oxygens (including phenoxy) is 1. The van der Waals surface area contributed by atoms with Crippen LogP contribution in [-0.2, 0) is 9.59 Å². The van der Waals surface area contributed by atoms with E-state index < -0.39 is 36.9 Å². The molecule has 21 heavy (non-hydrogen) atoms. The second kappa shape index (κ2) is 7.17. The van der Waals surface area contributed by atoms with Gasteiger partial charge in [0.05, 0.1) is 6.42 Å². The molecule has 0 saturated heterocycles. The third-order valence-electron chi connectivity index (χ3n) is 2.32. The molecule has 0 aromatic heterocycles. The highest BCUT2D eigenvalue weighted by Gasteiger charge is 2.23. The number of rotatable bonds is 7. The maximum atomic E-state index is 11.9. The first-order valence-electron chi connectivity index (χ1n) is 5.60. The minimum absolute atomic E-state index is 0.0201. The van der Waals surface area contributed by atoms with Crippen LogP contribution in [0.3, 0.4) is 0 Å². The van der Waals surface area contributed by atoms with E-state index in [4.69, 9.17) is 10.2 Å². The Labute approximate surface area is 117 Å². The molecule has 1 amide bonds. The number of hydrogen-bond donors (Lipinski definition) is 3. The normalized spacial score (nSPS) is 11.8. The summed E-state index contributed by atoms with van der Waals surface area (Å²) in [4.78, 5) is 33.0. The van der Waals surface area contributed by atoms with Crippen LogP contribution in [0.2, 0.25) is 0 Å². The van der Waals surface area contributed by atoms with E-state index in [1.807, 2.05) is 5.32 Å². The van der Waals surface area contributed by atoms with Crippen LogP contribution in [0, 0.1) is 0 Å². The Kier molecular flexibility index (Phi) is 5.58. The number of alkyl halides is 2. The topological polar surface area (TPSA) is 113 Å². The van der Waals surface area contributed by atoms with Gasteiger partial charge in [0.15, 0.2) is 0 Å². The zero-order valence-corrected chi connectivity index (χ0v) is 10.5. The van der Waals surface area contributed by atoms with Crippen molar-refractivity contribution in [2.75, 3.05) is 0 Å². The maximum Gasteiger partial charge on any atom is 0.387 e. The third kappa shape index (κ3) is 5.43. The summed E-state index contributed by atoms with van der Waals surface area (Å²) < 4.78 is 28.0. The first-order valence-corrected chi connectivity index (χ1v) is 5.60. The van der Waals surface area contributed by atoms with Gasteiger partial charge in [-0.25, -0.2) is 4.79 Å². The van der Waals surface area contributed by atoms with Crippen molar-refractivity contribution >= 4 is 17.8 Å². The van der Waals surface area contributed by atoms with Crippen molar-refractivity contribution < 1.29 is 38.1 Å². The standard InChI is InChI=1S/C12H11F2NO6/c13-12(14)21-7-3-1-6(2-4-7)10(18)15-8(11(19)20)5-9(16)17/h1-4,8,12H,5H2,(H,15,18)(H,16,17)(H,19,20). The van der Waals surface area contributed by atoms with Gasteiger partial charge in [0.25, 0.3) is 5.91 Å². The lowest BCUT2D eigenvalue weighted by molar-refractivity contribution is -0.145. The van der Waals surface area contributed by atoms with Crippen LogP contribution >= 0.6 is 0 Å². The second-order valence-corrected chi connectivity index (χ2v) is 3.87. The molecule has 0 saturated carbocycles. The number of aliphatic carboxylic acids is 2. The lowest BCUT2D eigenvalue weighted by atomic mass is 10.1. The number of carbonyl (C=O) groups excluding carboxylic acids is 1. The zero-order valence-electron chi connectivity index (χ0n) is 10.5. The number of amides is 1. The van der Waals surface area contributed by atoms with E-state index in [0.717, 1.165) is 24.3 Å². The molecule has 1 atom stereocenters. The van der Waals surface area contributed by atoms with Gasteiger partial charge in [0.2, 0.25) is 0 Å². The predicted molar refractivity (Wildman–Crippen MR) is 64.2 cm³/mol. The van der Waals surface area contributed by atoms with Crippen LogP contribution in [0.5, 0.6) is 5.75 Å². The molecule has 0 aliphatic carbocycles. The Morgan fingerprint density at radius 1 is 1.14 bits per heavy atom. The highest BCUT2D eigenvalue weighted by Crippen LogP contribution is 2.15. The predicted octanol–water partition coefficient (Wildman–Crippen LogP) is 0.946. The lowest BCUT2D eigenvalue weighted by Crippen LogP contribution is -2.42. The van der Waals surface area contributed by atoms with Crippen LogP contribution in [-0.4, -0.2) is 40.7 Å². The number of hydrogen-bond acceptors (Lipinski definition) is 4. The molecule has 0 spiro atoms. The Balaban J connectivity index is 2.73. The molecule has 0 heterocycles. The van der Waals surface area contributed by atoms with Gasteiger partial charge >= 0.3 is 18.6 Å². The Morgan fingerprint density at radius 2 is 1.71 bits per heavy atom. The smallest absolute Gasteiger partial charge is 0.387 e. The Hall–Kier alpha value is -2.71. The Morgan fingerprint density at radius 3 is 2.14 bits per heavy atom. The molecule has 1 unspecified atom stereocenters. The van der Waals surface area contributed by atoms with Gasteiger partial charge in [-0.2, -0.15) is 8.78 Å². The van der Waals surface area contributed by atoms with Crippen LogP contribution in [0.15, 0.2) is 24.3 Å². The quantitative estimate of drug-likeness (QED) is 0.691. The summed E-state index contributed by atoms with van der Waals surface area (Å²) in [5.74, 6) is -3.89. The van der Waals surface area contributed by atoms with Crippen molar-refractivity contribution in [2.45, 2.75) is 19.1 Å². The number of halogens is 2. The first kappa shape index (κ1) is 16.3. The average Bonchev–Trinajstić information content (AvgIpc) is 2.37. The van der Waals surface area contributed by atoms with E-state index in [9.17, 15) is 23.2 Å². The molecule has 9 heteroatoms. The van der Waals surface area contributed by atoms with E-state index >= 15 is 0 Å². The fourth-order valence-electron chi connectivity index (χ4n) is 1.40. The minimum atomic E-state index is -3.00. The van der Waals surface area contributed by atoms with Crippen LogP contribution in [0.25, 0.3) is 0 Å². The highest BCUT2D eigenvalue weighted by molar-refractivity contribution is 5.97. The summed E-state index contributed by atoms with van der Waals surface area (Å²) in [6.45, 7) is -3.00. The molecule has 1 aromatic carbocycles. The molecule has 0 aliphatic rings. The van der Waals surface area contributed by atoms with Gasteiger partial charge in [0.1, 0.15) is 11.8 Å². The van der Waals surface area contributed by atoms with Crippen LogP contribution in [0.1, 0.15) is 16.8 Å². The average molecular weight is 303 g/mol. The van der Waals surface area contributed by atoms with Crippen LogP contribution < -0.4 is 10.1 Å². The van der Waals surface area contributed by atoms with Crippen molar-refractivity contribution in [1.29, 1.82) is 0 Å². The third-order valence-corrected chi connectivity index (χ3v) is 2.32. The van der Waals surface area contributed by atoms with E-state index in [-0.39, 0.29) is 11.3 Å². The first-order chi connectivity index (χ1) is 9.79. The van der Waals surface area contributed by atoms with Crippen LogP contribution in [0.4, 0.5) is 8.78 Å². The molecule has 0 bridgehead atoms. The largest absolute Gasteiger partial charge is 0.481 e. The van der Waals surface area contributed by atoms with E-state index in [1.165, 1.54) is 0 Å². The number of carboxylic acids is 2. The van der Waals surface area contributed by atoms with Crippen molar-refractivity contribution in [1.82, 2.24) is 5.32 Å². The zero-order chi connectivity index (χ0) is 16.0. The SMILES string of the molecule is O=C(O)CC(NC(=O)c1ccc(OC(F)F)cc1)C(=O)O. The number of benzene rings is 1. The lowest BCUT2D eigenvalue weighted by Gasteiger charge is -2.12. The summed E-state index contributed by atoms with van der Waals surface area (Å²) in [5.41, 5.74) is -0.0201. The van der Waals surface area contributed by atoms with Gasteiger partial charge in [-0.1, -0.05) is 0 Å². The molecular formula is C12H11F2NO6. The summed E-state index contributed by atoms with van der Waals surface area (Å²) in [7, 11) is 0. The molecule has 1 aromatic rings. The van der Waals surface area contributed by atoms with Crippen molar-refractivity contribution in [2.24, 2.45) is 0 Å². The maximum absolute atomic E-state index is 11.9. The van der Waals surface area contributed by atoms with Gasteiger partial charge < -0.3 is 20.3 Å². The number of nitrogens with one attached hydrogen (secondary N) is 1. The molecule has 1 rings (SSSR count). The molecule has 0 fully saturated rings. The minimum Gasteiger partial charge on any atom is -0.481 e.